The lowest BCUT2D eigenvalue weighted by atomic mass is 10.1. The molecule has 9 nitrogen and oxygen atoms in total. The molecule has 3 rings (SSSR count). The number of H-pyrrole nitrogens is 1. The van der Waals surface area contributed by atoms with Gasteiger partial charge < -0.3 is 11.1 Å². The number of nitrogens with one attached hydrogen (secondary N) is 3. The molecule has 0 bridgehead atoms. The van der Waals surface area contributed by atoms with E-state index in [1.165, 1.54) is 18.2 Å². The first-order valence-electron chi connectivity index (χ1n) is 5.53. The first-order valence-corrected chi connectivity index (χ1v) is 5.53. The van der Waals surface area contributed by atoms with Crippen molar-refractivity contribution in [3.05, 3.63) is 35.2 Å². The maximum Gasteiger partial charge on any atom is 0.293 e. The fraction of sp³-hybridized carbons (Fsp3) is 0. The minimum absolute atomic E-state index is 0.0472. The number of rotatable bonds is 2. The summed E-state index contributed by atoms with van der Waals surface area (Å²) < 4.78 is 0. The van der Waals surface area contributed by atoms with Gasteiger partial charge in [-0.25, -0.2) is 0 Å². The second-order valence-electron chi connectivity index (χ2n) is 4.04. The molecule has 5 N–H and O–H groups in total. The van der Waals surface area contributed by atoms with Gasteiger partial charge in [-0.2, -0.15) is 4.98 Å². The van der Waals surface area contributed by atoms with Crippen LogP contribution in [0.2, 0.25) is 0 Å². The number of nitrogen functional groups attached to an aromatic ring is 1. The molecule has 20 heavy (non-hydrogen) atoms. The zero-order valence-corrected chi connectivity index (χ0v) is 9.93. The summed E-state index contributed by atoms with van der Waals surface area (Å²) in [6.45, 7) is 0. The molecule has 0 saturated carbocycles. The van der Waals surface area contributed by atoms with Crippen molar-refractivity contribution in [3.8, 4) is 0 Å². The number of carbonyl (C=O) groups is 3. The second-order valence-corrected chi connectivity index (χ2v) is 4.04. The summed E-state index contributed by atoms with van der Waals surface area (Å²) in [5.41, 5.74) is 6.14. The van der Waals surface area contributed by atoms with Gasteiger partial charge in [-0.3, -0.25) is 24.8 Å². The van der Waals surface area contributed by atoms with E-state index in [4.69, 9.17) is 5.73 Å². The monoisotopic (exact) mass is 272 g/mol. The number of aromatic nitrogens is 3. The molecule has 0 aliphatic carbocycles. The van der Waals surface area contributed by atoms with Crippen molar-refractivity contribution in [2.75, 3.05) is 11.1 Å². The highest BCUT2D eigenvalue weighted by Crippen LogP contribution is 2.20. The van der Waals surface area contributed by atoms with Crippen molar-refractivity contribution in [2.45, 2.75) is 0 Å². The van der Waals surface area contributed by atoms with Gasteiger partial charge in [0.25, 0.3) is 17.7 Å². The first kappa shape index (κ1) is 11.8. The standard InChI is InChI=1S/C11H8N6O3/c12-11-14-7(16-17-11)10(20)13-4-1-2-5-6(3-4)9(19)15-8(5)18/h1-3H,(H,13,20)(H,15,18,19)(H3,12,14,16,17). The molecule has 0 saturated heterocycles. The van der Waals surface area contributed by atoms with Gasteiger partial charge in [-0.05, 0) is 18.2 Å². The van der Waals surface area contributed by atoms with E-state index < -0.39 is 17.7 Å². The summed E-state index contributed by atoms with van der Waals surface area (Å²) in [5, 5.41) is 10.6. The molecule has 2 aromatic rings. The summed E-state index contributed by atoms with van der Waals surface area (Å²) in [6, 6.07) is 4.38. The largest absolute Gasteiger partial charge is 0.366 e. The Balaban J connectivity index is 1.86. The minimum Gasteiger partial charge on any atom is -0.366 e. The van der Waals surface area contributed by atoms with Gasteiger partial charge in [0.05, 0.1) is 11.1 Å². The number of carbonyl (C=O) groups excluding carboxylic acids is 3. The summed E-state index contributed by atoms with van der Waals surface area (Å²) in [5.74, 6) is -1.60. The first-order chi connectivity index (χ1) is 9.54. The molecule has 9 heteroatoms. The lowest BCUT2D eigenvalue weighted by molar-refractivity contribution is 0.0878. The van der Waals surface area contributed by atoms with Crippen molar-refractivity contribution in [1.29, 1.82) is 0 Å². The number of imide groups is 1. The van der Waals surface area contributed by atoms with Gasteiger partial charge >= 0.3 is 0 Å². The normalized spacial score (nSPS) is 13.0. The fourth-order valence-corrected chi connectivity index (χ4v) is 1.81. The molecular formula is C11H8N6O3. The number of hydrogen-bond acceptors (Lipinski definition) is 6. The Morgan fingerprint density at radius 3 is 2.65 bits per heavy atom. The zero-order valence-electron chi connectivity index (χ0n) is 9.93. The second kappa shape index (κ2) is 4.16. The van der Waals surface area contributed by atoms with Crippen LogP contribution in [0.15, 0.2) is 18.2 Å². The summed E-state index contributed by atoms with van der Waals surface area (Å²) >= 11 is 0. The van der Waals surface area contributed by atoms with Gasteiger partial charge in [0.15, 0.2) is 0 Å². The van der Waals surface area contributed by atoms with Crippen LogP contribution in [-0.4, -0.2) is 32.9 Å². The van der Waals surface area contributed by atoms with E-state index >= 15 is 0 Å². The summed E-state index contributed by atoms with van der Waals surface area (Å²) in [6.07, 6.45) is 0. The van der Waals surface area contributed by atoms with Crippen molar-refractivity contribution in [1.82, 2.24) is 20.5 Å². The average Bonchev–Trinajstić information content (AvgIpc) is 2.95. The van der Waals surface area contributed by atoms with Crippen LogP contribution < -0.4 is 16.4 Å². The number of nitrogens with two attached hydrogens (primary N) is 1. The lowest BCUT2D eigenvalue weighted by Crippen LogP contribution is -2.19. The van der Waals surface area contributed by atoms with Crippen molar-refractivity contribution >= 4 is 29.4 Å². The topological polar surface area (TPSA) is 143 Å². The smallest absolute Gasteiger partial charge is 0.293 e. The van der Waals surface area contributed by atoms with Crippen LogP contribution in [0, 0.1) is 0 Å². The predicted molar refractivity (Wildman–Crippen MR) is 67.0 cm³/mol. The van der Waals surface area contributed by atoms with Crippen LogP contribution in [0.3, 0.4) is 0 Å². The van der Waals surface area contributed by atoms with E-state index in [1.807, 2.05) is 0 Å². The zero-order chi connectivity index (χ0) is 14.3. The van der Waals surface area contributed by atoms with Gasteiger partial charge in [0.1, 0.15) is 0 Å². The molecule has 100 valence electrons. The Morgan fingerprint density at radius 2 is 1.95 bits per heavy atom. The van der Waals surface area contributed by atoms with Crippen LogP contribution in [0.5, 0.6) is 0 Å². The van der Waals surface area contributed by atoms with E-state index in [1.54, 1.807) is 0 Å². The number of hydrogen-bond donors (Lipinski definition) is 4. The molecule has 3 amide bonds. The third-order valence-corrected chi connectivity index (χ3v) is 2.71. The van der Waals surface area contributed by atoms with Gasteiger partial charge in [0, 0.05) is 5.69 Å². The number of amides is 3. The highest BCUT2D eigenvalue weighted by molar-refractivity contribution is 6.22. The SMILES string of the molecule is Nc1n[nH]c(C(=O)Nc2ccc3c(c2)C(=O)NC3=O)n1. The number of aromatic amines is 1. The Morgan fingerprint density at radius 1 is 1.20 bits per heavy atom. The fourth-order valence-electron chi connectivity index (χ4n) is 1.81. The van der Waals surface area contributed by atoms with Crippen molar-refractivity contribution in [3.63, 3.8) is 0 Å². The maximum absolute atomic E-state index is 11.8. The summed E-state index contributed by atoms with van der Waals surface area (Å²) in [7, 11) is 0. The number of fused-ring (bicyclic) bond motifs is 1. The molecule has 1 aliphatic rings. The van der Waals surface area contributed by atoms with Gasteiger partial charge in [-0.15, -0.1) is 5.10 Å². The molecule has 0 fully saturated rings. The van der Waals surface area contributed by atoms with Crippen molar-refractivity contribution < 1.29 is 14.4 Å². The average molecular weight is 272 g/mol. The molecule has 0 spiro atoms. The molecule has 0 atom stereocenters. The van der Waals surface area contributed by atoms with E-state index in [0.29, 0.717) is 5.69 Å². The Kier molecular flexibility index (Phi) is 2.46. The molecule has 1 aromatic heterocycles. The Bertz CT molecular complexity index is 750. The predicted octanol–water partition coefficient (Wildman–Crippen LogP) is -0.477. The van der Waals surface area contributed by atoms with Crippen molar-refractivity contribution in [2.24, 2.45) is 0 Å². The molecule has 1 aliphatic heterocycles. The van der Waals surface area contributed by atoms with E-state index in [2.05, 4.69) is 25.8 Å². The van der Waals surface area contributed by atoms with Crippen LogP contribution in [-0.2, 0) is 0 Å². The van der Waals surface area contributed by atoms with Crippen LogP contribution in [0.25, 0.3) is 0 Å². The number of benzene rings is 1. The number of nitrogens with zero attached hydrogens (tertiary/aromatic N) is 2. The quantitative estimate of drug-likeness (QED) is 0.544. The molecular weight excluding hydrogens is 264 g/mol. The van der Waals surface area contributed by atoms with E-state index in [-0.39, 0.29) is 22.9 Å². The Hall–Kier alpha value is -3.23. The van der Waals surface area contributed by atoms with Gasteiger partial charge in [0.2, 0.25) is 11.8 Å². The summed E-state index contributed by atoms with van der Waals surface area (Å²) in [4.78, 5) is 38.4. The van der Waals surface area contributed by atoms with E-state index in [0.717, 1.165) is 0 Å². The van der Waals surface area contributed by atoms with Crippen LogP contribution in [0.1, 0.15) is 31.3 Å². The van der Waals surface area contributed by atoms with E-state index in [9.17, 15) is 14.4 Å². The highest BCUT2D eigenvalue weighted by Gasteiger charge is 2.26. The van der Waals surface area contributed by atoms with Crippen LogP contribution >= 0.6 is 0 Å². The molecule has 0 radical (unpaired) electrons. The van der Waals surface area contributed by atoms with Crippen LogP contribution in [0.4, 0.5) is 11.6 Å². The third kappa shape index (κ3) is 1.86. The van der Waals surface area contributed by atoms with Gasteiger partial charge in [-0.1, -0.05) is 0 Å². The number of anilines is 2. The third-order valence-electron chi connectivity index (χ3n) is 2.71. The molecule has 1 aromatic carbocycles. The Labute approximate surface area is 111 Å². The molecule has 2 heterocycles. The lowest BCUT2D eigenvalue weighted by Gasteiger charge is -2.03. The maximum atomic E-state index is 11.8. The molecule has 0 unspecified atom stereocenters. The minimum atomic E-state index is -0.557. The highest BCUT2D eigenvalue weighted by atomic mass is 16.2.